The van der Waals surface area contributed by atoms with Crippen LogP contribution in [0, 0.1) is 10.1 Å². The molecule has 22 heavy (non-hydrogen) atoms. The molecule has 1 heterocycles. The van der Waals surface area contributed by atoms with Gasteiger partial charge >= 0.3 is 5.97 Å². The van der Waals surface area contributed by atoms with Gasteiger partial charge in [0, 0.05) is 31.8 Å². The number of methoxy groups -OCH3 is 1. The minimum absolute atomic E-state index is 0.0949. The third-order valence-electron chi connectivity index (χ3n) is 3.60. The number of rotatable bonds is 9. The number of hydrogen-bond acceptors (Lipinski definition) is 6. The molecule has 1 fully saturated rings. The van der Waals surface area contributed by atoms with E-state index in [1.54, 1.807) is 12.1 Å². The maximum atomic E-state index is 11.4. The van der Waals surface area contributed by atoms with Gasteiger partial charge in [0.1, 0.15) is 0 Å². The van der Waals surface area contributed by atoms with Crippen LogP contribution in [0.15, 0.2) is 24.3 Å². The van der Waals surface area contributed by atoms with Crippen molar-refractivity contribution in [1.82, 2.24) is 0 Å². The Morgan fingerprint density at radius 2 is 2.05 bits per heavy atom. The maximum Gasteiger partial charge on any atom is 0.340 e. The number of ether oxygens (including phenoxy) is 3. The van der Waals surface area contributed by atoms with Crippen molar-refractivity contribution in [2.24, 2.45) is 0 Å². The van der Waals surface area contributed by atoms with E-state index in [1.165, 1.54) is 19.2 Å². The lowest BCUT2D eigenvalue weighted by atomic mass is 10.1. The monoisotopic (exact) mass is 309 g/mol. The SMILES string of the molecule is COC(=O)C1(CCOCCCc2ccc([N+](=O)[O-])cc2)CO1. The zero-order valence-corrected chi connectivity index (χ0v) is 12.4. The van der Waals surface area contributed by atoms with Crippen LogP contribution in [0.25, 0.3) is 0 Å². The number of nitro groups is 1. The van der Waals surface area contributed by atoms with Gasteiger partial charge in [-0.05, 0) is 18.4 Å². The predicted molar refractivity (Wildman–Crippen MR) is 77.6 cm³/mol. The summed E-state index contributed by atoms with van der Waals surface area (Å²) in [6, 6.07) is 6.51. The van der Waals surface area contributed by atoms with Gasteiger partial charge in [-0.2, -0.15) is 0 Å². The number of carbonyl (C=O) groups is 1. The Morgan fingerprint density at radius 3 is 2.59 bits per heavy atom. The summed E-state index contributed by atoms with van der Waals surface area (Å²) >= 11 is 0. The highest BCUT2D eigenvalue weighted by atomic mass is 16.6. The van der Waals surface area contributed by atoms with Crippen molar-refractivity contribution >= 4 is 11.7 Å². The first kappa shape index (κ1) is 16.4. The molecular formula is C15H19NO6. The molecule has 0 aromatic heterocycles. The first-order valence-electron chi connectivity index (χ1n) is 7.11. The number of non-ortho nitro benzene ring substituents is 1. The number of esters is 1. The standard InChI is InChI=1S/C15H19NO6/c1-20-14(17)15(11-22-15)8-10-21-9-2-3-12-4-6-13(7-5-12)16(18)19/h4-7H,2-3,8-11H2,1H3. The van der Waals surface area contributed by atoms with Crippen molar-refractivity contribution in [2.45, 2.75) is 24.9 Å². The van der Waals surface area contributed by atoms with Gasteiger partial charge in [-0.15, -0.1) is 0 Å². The average Bonchev–Trinajstić information content (AvgIpc) is 3.31. The molecule has 120 valence electrons. The second kappa shape index (κ2) is 7.33. The molecule has 0 N–H and O–H groups in total. The molecule has 0 radical (unpaired) electrons. The molecule has 1 aliphatic heterocycles. The predicted octanol–water partition coefficient (Wildman–Crippen LogP) is 1.88. The van der Waals surface area contributed by atoms with Crippen molar-refractivity contribution < 1.29 is 23.9 Å². The molecule has 0 bridgehead atoms. The van der Waals surface area contributed by atoms with Gasteiger partial charge < -0.3 is 14.2 Å². The Balaban J connectivity index is 1.60. The molecule has 1 unspecified atom stereocenters. The summed E-state index contributed by atoms with van der Waals surface area (Å²) in [5, 5.41) is 10.5. The highest BCUT2D eigenvalue weighted by Gasteiger charge is 2.53. The first-order valence-corrected chi connectivity index (χ1v) is 7.11. The third-order valence-corrected chi connectivity index (χ3v) is 3.60. The number of hydrogen-bond donors (Lipinski definition) is 0. The third kappa shape index (κ3) is 4.25. The Labute approximate surface area is 128 Å². The fourth-order valence-electron chi connectivity index (χ4n) is 2.14. The number of carbonyl (C=O) groups excluding carboxylic acids is 1. The van der Waals surface area contributed by atoms with Crippen LogP contribution in [0.5, 0.6) is 0 Å². The number of benzene rings is 1. The fraction of sp³-hybridized carbons (Fsp3) is 0.533. The van der Waals surface area contributed by atoms with Crippen LogP contribution in [0.1, 0.15) is 18.4 Å². The molecule has 1 atom stereocenters. The molecule has 0 aliphatic carbocycles. The van der Waals surface area contributed by atoms with Crippen LogP contribution >= 0.6 is 0 Å². The van der Waals surface area contributed by atoms with E-state index in [0.29, 0.717) is 26.2 Å². The normalized spacial score (nSPS) is 19.7. The lowest BCUT2D eigenvalue weighted by molar-refractivity contribution is -0.384. The van der Waals surface area contributed by atoms with Crippen LogP contribution in [-0.2, 0) is 25.4 Å². The zero-order valence-electron chi connectivity index (χ0n) is 12.4. The quantitative estimate of drug-likeness (QED) is 0.227. The van der Waals surface area contributed by atoms with Gasteiger partial charge in [-0.3, -0.25) is 10.1 Å². The molecule has 1 aromatic carbocycles. The average molecular weight is 309 g/mol. The van der Waals surface area contributed by atoms with Gasteiger partial charge in [0.05, 0.1) is 18.6 Å². The summed E-state index contributed by atoms with van der Waals surface area (Å²) in [4.78, 5) is 21.6. The number of nitrogens with zero attached hydrogens (tertiary/aromatic N) is 1. The first-order chi connectivity index (χ1) is 10.6. The van der Waals surface area contributed by atoms with E-state index in [0.717, 1.165) is 18.4 Å². The second-order valence-corrected chi connectivity index (χ2v) is 5.16. The molecule has 7 heteroatoms. The fourth-order valence-corrected chi connectivity index (χ4v) is 2.14. The molecule has 0 amide bonds. The summed E-state index contributed by atoms with van der Waals surface area (Å²) in [6.45, 7) is 1.40. The Kier molecular flexibility index (Phi) is 5.46. The Bertz CT molecular complexity index is 523. The van der Waals surface area contributed by atoms with Crippen molar-refractivity contribution in [3.8, 4) is 0 Å². The van der Waals surface area contributed by atoms with Crippen molar-refractivity contribution in [1.29, 1.82) is 0 Å². The Morgan fingerprint density at radius 1 is 1.36 bits per heavy atom. The van der Waals surface area contributed by atoms with E-state index in [4.69, 9.17) is 9.47 Å². The summed E-state index contributed by atoms with van der Waals surface area (Å²) < 4.78 is 15.3. The van der Waals surface area contributed by atoms with Crippen LogP contribution < -0.4 is 0 Å². The van der Waals surface area contributed by atoms with E-state index >= 15 is 0 Å². The molecule has 0 spiro atoms. The smallest absolute Gasteiger partial charge is 0.340 e. The largest absolute Gasteiger partial charge is 0.467 e. The summed E-state index contributed by atoms with van der Waals surface area (Å²) in [5.74, 6) is -0.345. The van der Waals surface area contributed by atoms with Crippen molar-refractivity contribution in [3.05, 3.63) is 39.9 Å². The van der Waals surface area contributed by atoms with Gasteiger partial charge in [0.15, 0.2) is 5.60 Å². The minimum Gasteiger partial charge on any atom is -0.467 e. The summed E-state index contributed by atoms with van der Waals surface area (Å²) in [6.07, 6.45) is 2.09. The van der Waals surface area contributed by atoms with Gasteiger partial charge in [0.2, 0.25) is 0 Å². The maximum absolute atomic E-state index is 11.4. The minimum atomic E-state index is -0.785. The summed E-state index contributed by atoms with van der Waals surface area (Å²) in [5.41, 5.74) is 0.343. The molecule has 1 aliphatic rings. The molecule has 1 aromatic rings. The Hall–Kier alpha value is -1.99. The van der Waals surface area contributed by atoms with Crippen LogP contribution in [0.4, 0.5) is 5.69 Å². The van der Waals surface area contributed by atoms with Gasteiger partial charge in [-0.25, -0.2) is 4.79 Å². The van der Waals surface area contributed by atoms with Crippen molar-refractivity contribution in [2.75, 3.05) is 26.9 Å². The van der Waals surface area contributed by atoms with Crippen molar-refractivity contribution in [3.63, 3.8) is 0 Å². The zero-order chi connectivity index (χ0) is 16.0. The molecule has 0 saturated carbocycles. The van der Waals surface area contributed by atoms with E-state index in [2.05, 4.69) is 4.74 Å². The topological polar surface area (TPSA) is 91.2 Å². The van der Waals surface area contributed by atoms with Gasteiger partial charge in [-0.1, -0.05) is 12.1 Å². The van der Waals surface area contributed by atoms with Gasteiger partial charge in [0.25, 0.3) is 5.69 Å². The van der Waals surface area contributed by atoms with Crippen LogP contribution in [-0.4, -0.2) is 43.4 Å². The molecule has 7 nitrogen and oxygen atoms in total. The van der Waals surface area contributed by atoms with Crippen LogP contribution in [0.3, 0.4) is 0 Å². The number of epoxide rings is 1. The lowest BCUT2D eigenvalue weighted by Gasteiger charge is -2.09. The van der Waals surface area contributed by atoms with E-state index in [-0.39, 0.29) is 11.7 Å². The van der Waals surface area contributed by atoms with E-state index in [9.17, 15) is 14.9 Å². The highest BCUT2D eigenvalue weighted by molar-refractivity contribution is 5.82. The number of aryl methyl sites for hydroxylation is 1. The van der Waals surface area contributed by atoms with E-state index < -0.39 is 10.5 Å². The second-order valence-electron chi connectivity index (χ2n) is 5.16. The molecule has 1 saturated heterocycles. The highest BCUT2D eigenvalue weighted by Crippen LogP contribution is 2.32. The lowest BCUT2D eigenvalue weighted by Crippen LogP contribution is -2.27. The number of nitro benzene ring substituents is 1. The molecule has 2 rings (SSSR count). The molecular weight excluding hydrogens is 290 g/mol. The summed E-state index contributed by atoms with van der Waals surface area (Å²) in [7, 11) is 1.34. The van der Waals surface area contributed by atoms with E-state index in [1.807, 2.05) is 0 Å². The van der Waals surface area contributed by atoms with Crippen LogP contribution in [0.2, 0.25) is 0 Å².